The van der Waals surface area contributed by atoms with Gasteiger partial charge in [-0.1, -0.05) is 0 Å². The standard InChI is InChI=1S/C12H20N6O2/c1-13-10-15-11(14-8-6-9(19)7-8)17-12(16-10)18-2-4-20-5-3-18/h8-9,19H,2-7H2,1H3,(H2,13,14,15,16,17). The van der Waals surface area contributed by atoms with Gasteiger partial charge in [-0.2, -0.15) is 15.0 Å². The summed E-state index contributed by atoms with van der Waals surface area (Å²) < 4.78 is 5.34. The first-order valence-electron chi connectivity index (χ1n) is 6.95. The molecule has 3 N–H and O–H groups in total. The van der Waals surface area contributed by atoms with Gasteiger partial charge in [0.05, 0.1) is 19.3 Å². The molecule has 1 aromatic heterocycles. The predicted octanol–water partition coefficient (Wildman–Crippen LogP) is -0.315. The van der Waals surface area contributed by atoms with Crippen molar-refractivity contribution in [2.45, 2.75) is 25.0 Å². The van der Waals surface area contributed by atoms with Gasteiger partial charge in [-0.05, 0) is 12.8 Å². The molecule has 110 valence electrons. The van der Waals surface area contributed by atoms with Crippen LogP contribution in [0.2, 0.25) is 0 Å². The van der Waals surface area contributed by atoms with Crippen molar-refractivity contribution in [2.75, 3.05) is 48.9 Å². The molecule has 20 heavy (non-hydrogen) atoms. The molecular weight excluding hydrogens is 260 g/mol. The van der Waals surface area contributed by atoms with Crippen molar-refractivity contribution in [1.82, 2.24) is 15.0 Å². The number of ether oxygens (including phenoxy) is 1. The molecule has 8 heteroatoms. The van der Waals surface area contributed by atoms with E-state index in [2.05, 4.69) is 30.5 Å². The Morgan fingerprint density at radius 2 is 1.85 bits per heavy atom. The zero-order chi connectivity index (χ0) is 13.9. The lowest BCUT2D eigenvalue weighted by Gasteiger charge is -2.32. The average Bonchev–Trinajstić information content (AvgIpc) is 2.46. The SMILES string of the molecule is CNc1nc(NC2CC(O)C2)nc(N2CCOCC2)n1. The molecular formula is C12H20N6O2. The Balaban J connectivity index is 1.75. The van der Waals surface area contributed by atoms with E-state index in [0.29, 0.717) is 31.1 Å². The Morgan fingerprint density at radius 1 is 1.15 bits per heavy atom. The third kappa shape index (κ3) is 2.91. The highest BCUT2D eigenvalue weighted by Gasteiger charge is 2.28. The van der Waals surface area contributed by atoms with Crippen molar-refractivity contribution < 1.29 is 9.84 Å². The van der Waals surface area contributed by atoms with Gasteiger partial charge in [-0.25, -0.2) is 0 Å². The second-order valence-corrected chi connectivity index (χ2v) is 5.10. The van der Waals surface area contributed by atoms with Gasteiger partial charge in [-0.15, -0.1) is 0 Å². The van der Waals surface area contributed by atoms with Crippen LogP contribution in [0, 0.1) is 0 Å². The largest absolute Gasteiger partial charge is 0.393 e. The molecule has 0 bridgehead atoms. The Hall–Kier alpha value is -1.67. The molecule has 2 heterocycles. The van der Waals surface area contributed by atoms with Crippen LogP contribution in [0.4, 0.5) is 17.8 Å². The third-order valence-electron chi connectivity index (χ3n) is 3.59. The molecule has 0 amide bonds. The second kappa shape index (κ2) is 5.76. The molecule has 1 saturated heterocycles. The van der Waals surface area contributed by atoms with Gasteiger partial charge in [0.2, 0.25) is 17.8 Å². The molecule has 3 rings (SSSR count). The normalized spacial score (nSPS) is 26.0. The maximum absolute atomic E-state index is 9.33. The number of anilines is 3. The van der Waals surface area contributed by atoms with Crippen LogP contribution in [0.5, 0.6) is 0 Å². The first-order chi connectivity index (χ1) is 9.74. The summed E-state index contributed by atoms with van der Waals surface area (Å²) in [5.74, 6) is 1.77. The molecule has 0 radical (unpaired) electrons. The molecule has 1 aliphatic heterocycles. The molecule has 0 unspecified atom stereocenters. The van der Waals surface area contributed by atoms with Gasteiger partial charge in [0.15, 0.2) is 0 Å². The topological polar surface area (TPSA) is 95.4 Å². The van der Waals surface area contributed by atoms with Crippen molar-refractivity contribution in [2.24, 2.45) is 0 Å². The first-order valence-corrected chi connectivity index (χ1v) is 6.95. The van der Waals surface area contributed by atoms with Crippen LogP contribution in [0.3, 0.4) is 0 Å². The maximum Gasteiger partial charge on any atom is 0.232 e. The highest BCUT2D eigenvalue weighted by Crippen LogP contribution is 2.23. The number of aromatic nitrogens is 3. The van der Waals surface area contributed by atoms with E-state index in [1.54, 1.807) is 7.05 Å². The van der Waals surface area contributed by atoms with Crippen molar-refractivity contribution in [3.8, 4) is 0 Å². The van der Waals surface area contributed by atoms with Crippen LogP contribution < -0.4 is 15.5 Å². The van der Waals surface area contributed by atoms with Crippen molar-refractivity contribution in [3.05, 3.63) is 0 Å². The van der Waals surface area contributed by atoms with Crippen LogP contribution in [-0.4, -0.2) is 65.6 Å². The molecule has 1 aliphatic carbocycles. The van der Waals surface area contributed by atoms with Crippen LogP contribution >= 0.6 is 0 Å². The first kappa shape index (κ1) is 13.3. The van der Waals surface area contributed by atoms with Crippen molar-refractivity contribution in [1.29, 1.82) is 0 Å². The lowest BCUT2D eigenvalue weighted by atomic mass is 9.90. The summed E-state index contributed by atoms with van der Waals surface area (Å²) in [5.41, 5.74) is 0. The van der Waals surface area contributed by atoms with Gasteiger partial charge in [0.25, 0.3) is 0 Å². The van der Waals surface area contributed by atoms with E-state index in [0.717, 1.165) is 25.9 Å². The minimum atomic E-state index is -0.197. The molecule has 2 fully saturated rings. The lowest BCUT2D eigenvalue weighted by Crippen LogP contribution is -2.40. The number of morpholine rings is 1. The Morgan fingerprint density at radius 3 is 2.50 bits per heavy atom. The fraction of sp³-hybridized carbons (Fsp3) is 0.750. The number of aliphatic hydroxyl groups is 1. The number of aliphatic hydroxyl groups excluding tert-OH is 1. The van der Waals surface area contributed by atoms with E-state index >= 15 is 0 Å². The van der Waals surface area contributed by atoms with Gasteiger partial charge in [-0.3, -0.25) is 0 Å². The number of nitrogens with zero attached hydrogens (tertiary/aromatic N) is 4. The fourth-order valence-corrected chi connectivity index (χ4v) is 2.33. The van der Waals surface area contributed by atoms with E-state index in [4.69, 9.17) is 4.74 Å². The van der Waals surface area contributed by atoms with Gasteiger partial charge in [0, 0.05) is 26.2 Å². The van der Waals surface area contributed by atoms with Crippen molar-refractivity contribution >= 4 is 17.8 Å². The van der Waals surface area contributed by atoms with Crippen molar-refractivity contribution in [3.63, 3.8) is 0 Å². The summed E-state index contributed by atoms with van der Waals surface area (Å²) in [4.78, 5) is 15.3. The zero-order valence-electron chi connectivity index (χ0n) is 11.5. The molecule has 1 aromatic rings. The number of nitrogens with one attached hydrogen (secondary N) is 2. The fourth-order valence-electron chi connectivity index (χ4n) is 2.33. The van der Waals surface area contributed by atoms with Crippen LogP contribution in [0.25, 0.3) is 0 Å². The van der Waals surface area contributed by atoms with Crippen LogP contribution in [0.1, 0.15) is 12.8 Å². The van der Waals surface area contributed by atoms with E-state index < -0.39 is 0 Å². The summed E-state index contributed by atoms with van der Waals surface area (Å²) in [6, 6.07) is 0.245. The molecule has 2 aliphatic rings. The minimum absolute atomic E-state index is 0.197. The van der Waals surface area contributed by atoms with Gasteiger partial charge in [0.1, 0.15) is 0 Å². The monoisotopic (exact) mass is 280 g/mol. The predicted molar refractivity (Wildman–Crippen MR) is 75.1 cm³/mol. The summed E-state index contributed by atoms with van der Waals surface area (Å²) in [7, 11) is 1.79. The molecule has 0 spiro atoms. The summed E-state index contributed by atoms with van der Waals surface area (Å²) in [6.45, 7) is 2.96. The second-order valence-electron chi connectivity index (χ2n) is 5.10. The Bertz CT molecular complexity index is 459. The number of hydrogen-bond acceptors (Lipinski definition) is 8. The number of hydrogen-bond donors (Lipinski definition) is 3. The Kier molecular flexibility index (Phi) is 3.83. The minimum Gasteiger partial charge on any atom is -0.393 e. The molecule has 0 atom stereocenters. The summed E-state index contributed by atoms with van der Waals surface area (Å²) >= 11 is 0. The van der Waals surface area contributed by atoms with E-state index in [-0.39, 0.29) is 12.1 Å². The molecule has 1 saturated carbocycles. The van der Waals surface area contributed by atoms with Crippen LogP contribution in [-0.2, 0) is 4.74 Å². The summed E-state index contributed by atoms with van der Waals surface area (Å²) in [6.07, 6.45) is 1.29. The summed E-state index contributed by atoms with van der Waals surface area (Å²) in [5, 5.41) is 15.5. The third-order valence-corrected chi connectivity index (χ3v) is 3.59. The van der Waals surface area contributed by atoms with Gasteiger partial charge >= 0.3 is 0 Å². The van der Waals surface area contributed by atoms with E-state index in [1.165, 1.54) is 0 Å². The molecule has 8 nitrogen and oxygen atoms in total. The molecule has 0 aromatic carbocycles. The highest BCUT2D eigenvalue weighted by molar-refractivity contribution is 5.44. The lowest BCUT2D eigenvalue weighted by molar-refractivity contribution is 0.0834. The highest BCUT2D eigenvalue weighted by atomic mass is 16.5. The van der Waals surface area contributed by atoms with E-state index in [1.807, 2.05) is 0 Å². The average molecular weight is 280 g/mol. The Labute approximate surface area is 117 Å². The maximum atomic E-state index is 9.33. The zero-order valence-corrected chi connectivity index (χ0v) is 11.5. The van der Waals surface area contributed by atoms with E-state index in [9.17, 15) is 5.11 Å². The number of rotatable bonds is 4. The van der Waals surface area contributed by atoms with Crippen LogP contribution in [0.15, 0.2) is 0 Å². The quantitative estimate of drug-likeness (QED) is 0.691. The van der Waals surface area contributed by atoms with Gasteiger partial charge < -0.3 is 25.4 Å². The smallest absolute Gasteiger partial charge is 0.232 e.